The van der Waals surface area contributed by atoms with Crippen LogP contribution in [-0.4, -0.2) is 42.0 Å². The Morgan fingerprint density at radius 1 is 1.33 bits per heavy atom. The van der Waals surface area contributed by atoms with E-state index in [1.807, 2.05) is 0 Å². The minimum Gasteiger partial charge on any atom is -0.355 e. The molecule has 1 N–H and O–H groups in total. The third-order valence-corrected chi connectivity index (χ3v) is 4.39. The molecule has 0 amide bonds. The maximum Gasteiger partial charge on any atom is 0.209 e. The summed E-state index contributed by atoms with van der Waals surface area (Å²) < 4.78 is 1.52. The highest BCUT2D eigenvalue weighted by Crippen LogP contribution is 2.26. The zero-order valence-electron chi connectivity index (χ0n) is 12.6. The maximum absolute atomic E-state index is 12.5. The van der Waals surface area contributed by atoms with Gasteiger partial charge in [0, 0.05) is 18.3 Å². The summed E-state index contributed by atoms with van der Waals surface area (Å²) in [5, 5.41) is 11.3. The van der Waals surface area contributed by atoms with Gasteiger partial charge in [0.15, 0.2) is 11.6 Å². The van der Waals surface area contributed by atoms with Crippen molar-refractivity contribution in [2.75, 3.05) is 0 Å². The van der Waals surface area contributed by atoms with Crippen LogP contribution in [0.4, 0.5) is 0 Å². The quantitative estimate of drug-likeness (QED) is 0.668. The van der Waals surface area contributed by atoms with Gasteiger partial charge in [-0.25, -0.2) is 4.68 Å². The molecule has 112 valence electrons. The molecule has 0 radical (unpaired) electrons. The largest absolute Gasteiger partial charge is 0.355 e. The van der Waals surface area contributed by atoms with Gasteiger partial charge in [-0.3, -0.25) is 9.59 Å². The predicted octanol–water partition coefficient (Wildman–Crippen LogP) is 1.72. The molecule has 2 heterocycles. The molecule has 7 nitrogen and oxygen atoms in total. The highest BCUT2D eigenvalue weighted by atomic mass is 32.2. The summed E-state index contributed by atoms with van der Waals surface area (Å²) in [4.78, 5) is 27.2. The number of rotatable bonds is 5. The van der Waals surface area contributed by atoms with Crippen LogP contribution in [-0.2, 0) is 7.05 Å². The van der Waals surface area contributed by atoms with E-state index in [0.717, 1.165) is 5.69 Å². The Morgan fingerprint density at radius 2 is 2.00 bits per heavy atom. The van der Waals surface area contributed by atoms with Crippen molar-refractivity contribution in [1.29, 1.82) is 0 Å². The van der Waals surface area contributed by atoms with Crippen LogP contribution in [0.15, 0.2) is 5.16 Å². The van der Waals surface area contributed by atoms with E-state index >= 15 is 0 Å². The predicted molar refractivity (Wildman–Crippen MR) is 78.7 cm³/mol. The Kier molecular flexibility index (Phi) is 4.26. The summed E-state index contributed by atoms with van der Waals surface area (Å²) in [6, 6.07) is 0. The standard InChI is InChI=1S/C13H17N5O2S/c1-6-10(8(3)19)7(2)14-11(6)12(20)9(4)21-13-15-16-17-18(13)5/h9,14H,1-5H3. The van der Waals surface area contributed by atoms with E-state index < -0.39 is 0 Å². The number of hydrogen-bond acceptors (Lipinski definition) is 6. The molecular formula is C13H17N5O2S. The first-order chi connectivity index (χ1) is 9.82. The average molecular weight is 307 g/mol. The SMILES string of the molecule is CC(=O)c1c(C)[nH]c(C(=O)C(C)Sc2nnnn2C)c1C. The van der Waals surface area contributed by atoms with Crippen molar-refractivity contribution in [3.8, 4) is 0 Å². The molecule has 1 atom stereocenters. The summed E-state index contributed by atoms with van der Waals surface area (Å²) in [5.74, 6) is -0.116. The number of nitrogens with zero attached hydrogens (tertiary/aromatic N) is 4. The molecule has 0 aliphatic heterocycles. The van der Waals surface area contributed by atoms with Gasteiger partial charge in [0.1, 0.15) is 0 Å². The van der Waals surface area contributed by atoms with Crippen LogP contribution in [0.25, 0.3) is 0 Å². The van der Waals surface area contributed by atoms with Gasteiger partial charge in [-0.15, -0.1) is 5.10 Å². The van der Waals surface area contributed by atoms with E-state index in [4.69, 9.17) is 0 Å². The molecule has 0 fully saturated rings. The fourth-order valence-corrected chi connectivity index (χ4v) is 3.07. The number of tetrazole rings is 1. The van der Waals surface area contributed by atoms with Crippen molar-refractivity contribution in [2.24, 2.45) is 7.05 Å². The van der Waals surface area contributed by atoms with Gasteiger partial charge in [0.2, 0.25) is 5.16 Å². The molecule has 0 bridgehead atoms. The lowest BCUT2D eigenvalue weighted by Crippen LogP contribution is -2.16. The number of carbonyl (C=O) groups is 2. The first-order valence-electron chi connectivity index (χ1n) is 6.46. The Hall–Kier alpha value is -1.96. The van der Waals surface area contributed by atoms with E-state index in [0.29, 0.717) is 22.0 Å². The van der Waals surface area contributed by atoms with E-state index in [1.54, 1.807) is 27.8 Å². The fraction of sp³-hybridized carbons (Fsp3) is 0.462. The molecular weight excluding hydrogens is 290 g/mol. The van der Waals surface area contributed by atoms with E-state index in [9.17, 15) is 9.59 Å². The van der Waals surface area contributed by atoms with Crippen molar-refractivity contribution >= 4 is 23.3 Å². The molecule has 0 saturated carbocycles. The lowest BCUT2D eigenvalue weighted by molar-refractivity contribution is 0.0988. The average Bonchev–Trinajstić information content (AvgIpc) is 2.92. The minimum atomic E-state index is -0.355. The first kappa shape index (κ1) is 15.4. The highest BCUT2D eigenvalue weighted by molar-refractivity contribution is 8.00. The second-order valence-electron chi connectivity index (χ2n) is 4.89. The molecule has 2 aromatic rings. The number of Topliss-reactive ketones (excluding diaryl/α,β-unsaturated/α-hetero) is 2. The summed E-state index contributed by atoms with van der Waals surface area (Å²) in [6.07, 6.45) is 0. The number of ketones is 2. The minimum absolute atomic E-state index is 0.0434. The van der Waals surface area contributed by atoms with E-state index in [2.05, 4.69) is 20.5 Å². The van der Waals surface area contributed by atoms with Gasteiger partial charge in [-0.2, -0.15) is 0 Å². The number of thioether (sulfide) groups is 1. The zero-order chi connectivity index (χ0) is 15.7. The van der Waals surface area contributed by atoms with Crippen LogP contribution >= 0.6 is 11.8 Å². The number of nitrogens with one attached hydrogen (secondary N) is 1. The van der Waals surface area contributed by atoms with Crippen LogP contribution in [0.5, 0.6) is 0 Å². The number of hydrogen-bond donors (Lipinski definition) is 1. The first-order valence-corrected chi connectivity index (χ1v) is 7.34. The third kappa shape index (κ3) is 2.90. The molecule has 1 unspecified atom stereocenters. The van der Waals surface area contributed by atoms with Gasteiger partial charge in [-0.05, 0) is 43.7 Å². The highest BCUT2D eigenvalue weighted by Gasteiger charge is 2.25. The molecule has 0 aliphatic carbocycles. The topological polar surface area (TPSA) is 93.5 Å². The van der Waals surface area contributed by atoms with Crippen molar-refractivity contribution < 1.29 is 9.59 Å². The Morgan fingerprint density at radius 3 is 2.48 bits per heavy atom. The van der Waals surface area contributed by atoms with Crippen LogP contribution in [0.1, 0.15) is 46.0 Å². The van der Waals surface area contributed by atoms with Crippen LogP contribution in [0.3, 0.4) is 0 Å². The number of aromatic nitrogens is 5. The lowest BCUT2D eigenvalue weighted by Gasteiger charge is -2.08. The molecule has 0 aromatic carbocycles. The summed E-state index contributed by atoms with van der Waals surface area (Å²) in [6.45, 7) is 6.88. The van der Waals surface area contributed by atoms with Crippen molar-refractivity contribution in [3.05, 3.63) is 22.5 Å². The van der Waals surface area contributed by atoms with Gasteiger partial charge in [0.25, 0.3) is 0 Å². The zero-order valence-corrected chi connectivity index (χ0v) is 13.4. The number of aromatic amines is 1. The summed E-state index contributed by atoms with van der Waals surface area (Å²) in [7, 11) is 1.72. The van der Waals surface area contributed by atoms with Crippen molar-refractivity contribution in [2.45, 2.75) is 38.1 Å². The van der Waals surface area contributed by atoms with Gasteiger partial charge < -0.3 is 4.98 Å². The Labute approximate surface area is 126 Å². The molecule has 0 spiro atoms. The van der Waals surface area contributed by atoms with Crippen LogP contribution < -0.4 is 0 Å². The molecule has 2 rings (SSSR count). The lowest BCUT2D eigenvalue weighted by atomic mass is 10.0. The normalized spacial score (nSPS) is 12.4. The Bertz CT molecular complexity index is 703. The monoisotopic (exact) mass is 307 g/mol. The van der Waals surface area contributed by atoms with E-state index in [1.165, 1.54) is 23.4 Å². The third-order valence-electron chi connectivity index (χ3n) is 3.27. The van der Waals surface area contributed by atoms with Crippen molar-refractivity contribution in [3.63, 3.8) is 0 Å². The van der Waals surface area contributed by atoms with Gasteiger partial charge >= 0.3 is 0 Å². The molecule has 2 aromatic heterocycles. The Balaban J connectivity index is 2.26. The van der Waals surface area contributed by atoms with Crippen molar-refractivity contribution in [1.82, 2.24) is 25.2 Å². The molecule has 8 heteroatoms. The molecule has 0 saturated heterocycles. The smallest absolute Gasteiger partial charge is 0.209 e. The number of carbonyl (C=O) groups excluding carboxylic acids is 2. The second-order valence-corrected chi connectivity index (χ2v) is 6.20. The van der Waals surface area contributed by atoms with Gasteiger partial charge in [0.05, 0.1) is 10.9 Å². The maximum atomic E-state index is 12.5. The fourth-order valence-electron chi connectivity index (χ4n) is 2.26. The number of aryl methyl sites for hydroxylation is 2. The van der Waals surface area contributed by atoms with Crippen LogP contribution in [0, 0.1) is 13.8 Å². The van der Waals surface area contributed by atoms with Gasteiger partial charge in [-0.1, -0.05) is 11.8 Å². The van der Waals surface area contributed by atoms with Crippen LogP contribution in [0.2, 0.25) is 0 Å². The molecule has 0 aliphatic rings. The number of H-pyrrole nitrogens is 1. The summed E-state index contributed by atoms with van der Waals surface area (Å²) in [5.41, 5.74) is 2.50. The second kappa shape index (κ2) is 5.80. The molecule has 21 heavy (non-hydrogen) atoms. The summed E-state index contributed by atoms with van der Waals surface area (Å²) >= 11 is 1.28. The van der Waals surface area contributed by atoms with E-state index in [-0.39, 0.29) is 16.8 Å².